The Morgan fingerprint density at radius 1 is 1.12 bits per heavy atom. The molecule has 1 aliphatic carbocycles. The number of hydrogen-bond donors (Lipinski definition) is 2. The van der Waals surface area contributed by atoms with Crippen molar-refractivity contribution in [2.75, 3.05) is 20.3 Å². The van der Waals surface area contributed by atoms with Gasteiger partial charge < -0.3 is 19.9 Å². The van der Waals surface area contributed by atoms with Crippen molar-refractivity contribution >= 4 is 11.9 Å². The quantitative estimate of drug-likeness (QED) is 0.670. The second-order valence-electron chi connectivity index (χ2n) is 6.43. The van der Waals surface area contributed by atoms with Crippen LogP contribution in [0.5, 0.6) is 5.75 Å². The number of hydrogen-bond acceptors (Lipinski definition) is 4. The molecular weight excluding hydrogens is 322 g/mol. The molecule has 0 heterocycles. The number of methoxy groups -OCH3 is 1. The molecule has 6 heteroatoms. The molecule has 0 atom stereocenters. The van der Waals surface area contributed by atoms with E-state index in [1.807, 2.05) is 24.3 Å². The van der Waals surface area contributed by atoms with Gasteiger partial charge in [0.2, 0.25) is 5.91 Å². The third-order valence-electron chi connectivity index (χ3n) is 4.64. The van der Waals surface area contributed by atoms with Gasteiger partial charge in [-0.1, -0.05) is 12.1 Å². The normalized spacial score (nSPS) is 20.0. The first-order valence-electron chi connectivity index (χ1n) is 8.81. The summed E-state index contributed by atoms with van der Waals surface area (Å²) in [5, 5.41) is 11.9. The topological polar surface area (TPSA) is 84.9 Å². The molecule has 1 aromatic carbocycles. The molecule has 1 fully saturated rings. The number of ether oxygens (including phenoxy) is 2. The summed E-state index contributed by atoms with van der Waals surface area (Å²) in [5.41, 5.74) is 1.08. The van der Waals surface area contributed by atoms with E-state index in [-0.39, 0.29) is 17.7 Å². The number of aliphatic carboxylic acids is 1. The van der Waals surface area contributed by atoms with Gasteiger partial charge in [-0.15, -0.1) is 0 Å². The van der Waals surface area contributed by atoms with E-state index in [0.717, 1.165) is 17.7 Å². The monoisotopic (exact) mass is 349 g/mol. The van der Waals surface area contributed by atoms with Crippen molar-refractivity contribution in [3.05, 3.63) is 29.8 Å². The van der Waals surface area contributed by atoms with Crippen molar-refractivity contribution in [1.29, 1.82) is 0 Å². The van der Waals surface area contributed by atoms with Gasteiger partial charge >= 0.3 is 5.97 Å². The highest BCUT2D eigenvalue weighted by molar-refractivity contribution is 5.79. The van der Waals surface area contributed by atoms with Crippen molar-refractivity contribution in [2.45, 2.75) is 38.7 Å². The van der Waals surface area contributed by atoms with Crippen molar-refractivity contribution < 1.29 is 24.2 Å². The first kappa shape index (κ1) is 19.2. The van der Waals surface area contributed by atoms with E-state index in [0.29, 0.717) is 45.4 Å². The van der Waals surface area contributed by atoms with Crippen LogP contribution < -0.4 is 10.1 Å². The summed E-state index contributed by atoms with van der Waals surface area (Å²) >= 11 is 0. The fraction of sp³-hybridized carbons (Fsp3) is 0.579. The minimum atomic E-state index is -0.743. The molecule has 1 amide bonds. The van der Waals surface area contributed by atoms with Crippen LogP contribution in [0.25, 0.3) is 0 Å². The first-order valence-corrected chi connectivity index (χ1v) is 8.81. The molecule has 1 saturated carbocycles. The van der Waals surface area contributed by atoms with Crippen LogP contribution in [0.4, 0.5) is 0 Å². The third-order valence-corrected chi connectivity index (χ3v) is 4.64. The molecule has 2 N–H and O–H groups in total. The van der Waals surface area contributed by atoms with Crippen LogP contribution >= 0.6 is 0 Å². The molecule has 0 bridgehead atoms. The Labute approximate surface area is 148 Å². The highest BCUT2D eigenvalue weighted by Crippen LogP contribution is 2.28. The average Bonchev–Trinajstić information content (AvgIpc) is 2.65. The van der Waals surface area contributed by atoms with Crippen LogP contribution in [-0.4, -0.2) is 37.2 Å². The molecule has 0 radical (unpaired) electrons. The van der Waals surface area contributed by atoms with Gasteiger partial charge in [-0.05, 0) is 49.8 Å². The Kier molecular flexibility index (Phi) is 7.73. The lowest BCUT2D eigenvalue weighted by molar-refractivity contribution is -0.144. The maximum Gasteiger partial charge on any atom is 0.306 e. The molecule has 0 aliphatic heterocycles. The van der Waals surface area contributed by atoms with Gasteiger partial charge in [0, 0.05) is 19.1 Å². The summed E-state index contributed by atoms with van der Waals surface area (Å²) in [6.45, 7) is 1.70. The highest BCUT2D eigenvalue weighted by atomic mass is 16.5. The average molecular weight is 349 g/mol. The molecule has 2 rings (SSSR count). The lowest BCUT2D eigenvalue weighted by Crippen LogP contribution is -2.35. The number of carboxylic acids is 1. The number of rotatable bonds is 9. The predicted octanol–water partition coefficient (Wildman–Crippen LogP) is 2.61. The Morgan fingerprint density at radius 3 is 2.36 bits per heavy atom. The molecule has 6 nitrogen and oxygen atoms in total. The maximum atomic E-state index is 12.1. The Bertz CT molecular complexity index is 549. The maximum absolute atomic E-state index is 12.1. The van der Waals surface area contributed by atoms with E-state index < -0.39 is 5.97 Å². The summed E-state index contributed by atoms with van der Waals surface area (Å²) in [4.78, 5) is 23.0. The van der Waals surface area contributed by atoms with Crippen LogP contribution in [0, 0.1) is 11.8 Å². The van der Waals surface area contributed by atoms with Crippen molar-refractivity contribution in [2.24, 2.45) is 11.8 Å². The molecule has 0 unspecified atom stereocenters. The van der Waals surface area contributed by atoms with E-state index in [9.17, 15) is 9.59 Å². The molecule has 0 spiro atoms. The molecule has 1 aromatic rings. The van der Waals surface area contributed by atoms with Gasteiger partial charge in [0.1, 0.15) is 5.75 Å². The number of amides is 1. The molecule has 25 heavy (non-hydrogen) atoms. The van der Waals surface area contributed by atoms with E-state index in [2.05, 4.69) is 5.32 Å². The van der Waals surface area contributed by atoms with Crippen molar-refractivity contribution in [3.63, 3.8) is 0 Å². The fourth-order valence-corrected chi connectivity index (χ4v) is 3.04. The van der Waals surface area contributed by atoms with Crippen LogP contribution in [0.15, 0.2) is 24.3 Å². The Balaban J connectivity index is 1.54. The standard InChI is InChI=1S/C19H27NO5/c1-24-17-9-3-14(4-10-17)13-25-12-2-11-20-18(21)15-5-7-16(8-6-15)19(22)23/h3-4,9-10,15-16H,2,5-8,11-13H2,1H3,(H,20,21)(H,22,23). The van der Waals surface area contributed by atoms with Gasteiger partial charge in [0.25, 0.3) is 0 Å². The number of carboxylic acid groups (broad SMARTS) is 1. The van der Waals surface area contributed by atoms with Crippen molar-refractivity contribution in [3.8, 4) is 5.75 Å². The van der Waals surface area contributed by atoms with E-state index >= 15 is 0 Å². The molecular formula is C19H27NO5. The van der Waals surface area contributed by atoms with Crippen LogP contribution in [0.3, 0.4) is 0 Å². The molecule has 1 aliphatic rings. The summed E-state index contributed by atoms with van der Waals surface area (Å²) in [5.74, 6) is -0.207. The Hall–Kier alpha value is -2.08. The van der Waals surface area contributed by atoms with Gasteiger partial charge in [-0.2, -0.15) is 0 Å². The zero-order valence-electron chi connectivity index (χ0n) is 14.7. The number of benzene rings is 1. The van der Waals surface area contributed by atoms with Gasteiger partial charge in [-0.25, -0.2) is 0 Å². The Morgan fingerprint density at radius 2 is 1.76 bits per heavy atom. The third kappa shape index (κ3) is 6.38. The number of nitrogens with one attached hydrogen (secondary N) is 1. The summed E-state index contributed by atoms with van der Waals surface area (Å²) in [7, 11) is 1.64. The molecule has 0 saturated heterocycles. The SMILES string of the molecule is COc1ccc(COCCCNC(=O)C2CCC(C(=O)O)CC2)cc1. The number of carbonyl (C=O) groups excluding carboxylic acids is 1. The predicted molar refractivity (Wildman–Crippen MR) is 93.4 cm³/mol. The second-order valence-corrected chi connectivity index (χ2v) is 6.43. The molecule has 138 valence electrons. The number of carbonyl (C=O) groups is 2. The minimum Gasteiger partial charge on any atom is -0.497 e. The van der Waals surface area contributed by atoms with E-state index in [1.165, 1.54) is 0 Å². The lowest BCUT2D eigenvalue weighted by Gasteiger charge is -2.25. The van der Waals surface area contributed by atoms with E-state index in [4.69, 9.17) is 14.6 Å². The van der Waals surface area contributed by atoms with Gasteiger partial charge in [0.15, 0.2) is 0 Å². The lowest BCUT2D eigenvalue weighted by atomic mass is 9.81. The van der Waals surface area contributed by atoms with E-state index in [1.54, 1.807) is 7.11 Å². The largest absolute Gasteiger partial charge is 0.497 e. The summed E-state index contributed by atoms with van der Waals surface area (Å²) in [6.07, 6.45) is 3.27. The minimum absolute atomic E-state index is 0.0407. The fourth-order valence-electron chi connectivity index (χ4n) is 3.04. The smallest absolute Gasteiger partial charge is 0.306 e. The summed E-state index contributed by atoms with van der Waals surface area (Å²) < 4.78 is 10.7. The highest BCUT2D eigenvalue weighted by Gasteiger charge is 2.29. The molecule has 0 aromatic heterocycles. The van der Waals surface area contributed by atoms with Gasteiger partial charge in [-0.3, -0.25) is 9.59 Å². The zero-order chi connectivity index (χ0) is 18.1. The van der Waals surface area contributed by atoms with Crippen molar-refractivity contribution in [1.82, 2.24) is 5.32 Å². The van der Waals surface area contributed by atoms with Crippen LogP contribution in [0.2, 0.25) is 0 Å². The second kappa shape index (κ2) is 10.0. The first-order chi connectivity index (χ1) is 12.1. The van der Waals surface area contributed by atoms with Crippen LogP contribution in [-0.2, 0) is 20.9 Å². The van der Waals surface area contributed by atoms with Crippen LogP contribution in [0.1, 0.15) is 37.7 Å². The van der Waals surface area contributed by atoms with Gasteiger partial charge in [0.05, 0.1) is 19.6 Å². The zero-order valence-corrected chi connectivity index (χ0v) is 14.7. The summed E-state index contributed by atoms with van der Waals surface area (Å²) in [6, 6.07) is 7.73.